The minimum Gasteiger partial charge on any atom is -0.484 e. The van der Waals surface area contributed by atoms with Gasteiger partial charge in [0.15, 0.2) is 28.1 Å². The van der Waals surface area contributed by atoms with Crippen LogP contribution in [0.4, 0.5) is 8.78 Å². The lowest BCUT2D eigenvalue weighted by atomic mass is 10.2. The summed E-state index contributed by atoms with van der Waals surface area (Å²) < 4.78 is 57.9. The Labute approximate surface area is 161 Å². The summed E-state index contributed by atoms with van der Waals surface area (Å²) in [6.07, 6.45) is 0.134. The minimum absolute atomic E-state index is 0.102. The van der Waals surface area contributed by atoms with Crippen LogP contribution >= 0.6 is 0 Å². The quantitative estimate of drug-likeness (QED) is 0.785. The molecule has 1 fully saturated rings. The first-order valence-electron chi connectivity index (χ1n) is 8.61. The molecule has 1 amide bonds. The Morgan fingerprint density at radius 1 is 1.18 bits per heavy atom. The molecule has 1 unspecified atom stereocenters. The van der Waals surface area contributed by atoms with Crippen LogP contribution in [-0.4, -0.2) is 49.3 Å². The van der Waals surface area contributed by atoms with E-state index in [0.717, 1.165) is 18.2 Å². The molecule has 0 radical (unpaired) electrons. The largest absolute Gasteiger partial charge is 0.484 e. The van der Waals surface area contributed by atoms with Gasteiger partial charge in [0.05, 0.1) is 11.9 Å². The molecule has 1 atom stereocenters. The predicted octanol–water partition coefficient (Wildman–Crippen LogP) is 1.91. The maximum atomic E-state index is 13.9. The summed E-state index contributed by atoms with van der Waals surface area (Å²) in [5.41, 5.74) is 0.704. The van der Waals surface area contributed by atoms with Crippen molar-refractivity contribution < 1.29 is 31.8 Å². The molecule has 0 aliphatic carbocycles. The van der Waals surface area contributed by atoms with Gasteiger partial charge in [0.2, 0.25) is 0 Å². The topological polar surface area (TPSA) is 83.9 Å². The third-order valence-electron chi connectivity index (χ3n) is 4.63. The number of halogens is 2. The van der Waals surface area contributed by atoms with E-state index in [1.54, 1.807) is 24.3 Å². The number of carbonyl (C=O) groups excluding carboxylic acids is 1. The van der Waals surface area contributed by atoms with Crippen LogP contribution in [0.1, 0.15) is 12.0 Å². The highest BCUT2D eigenvalue weighted by atomic mass is 32.2. The lowest BCUT2D eigenvalue weighted by molar-refractivity contribution is -0.132. The number of aliphatic hydroxyl groups is 1. The molecule has 3 rings (SSSR count). The first kappa shape index (κ1) is 20.2. The van der Waals surface area contributed by atoms with Crippen LogP contribution in [0.25, 0.3) is 0 Å². The van der Waals surface area contributed by atoms with Crippen LogP contribution < -0.4 is 4.74 Å². The van der Waals surface area contributed by atoms with Crippen molar-refractivity contribution in [2.24, 2.45) is 0 Å². The lowest BCUT2D eigenvalue weighted by Crippen LogP contribution is -2.35. The van der Waals surface area contributed by atoms with E-state index in [-0.39, 0.29) is 32.7 Å². The van der Waals surface area contributed by atoms with Gasteiger partial charge in [0, 0.05) is 13.1 Å². The smallest absolute Gasteiger partial charge is 0.260 e. The Hall–Kier alpha value is -2.52. The Kier molecular flexibility index (Phi) is 5.95. The van der Waals surface area contributed by atoms with Gasteiger partial charge in [-0.3, -0.25) is 4.79 Å². The second-order valence-electron chi connectivity index (χ2n) is 6.44. The van der Waals surface area contributed by atoms with E-state index in [2.05, 4.69) is 0 Å². The van der Waals surface area contributed by atoms with E-state index in [9.17, 15) is 22.0 Å². The molecular weight excluding hydrogens is 392 g/mol. The summed E-state index contributed by atoms with van der Waals surface area (Å²) in [6, 6.07) is 9.56. The molecule has 1 aliphatic rings. The van der Waals surface area contributed by atoms with Crippen molar-refractivity contribution in [1.29, 1.82) is 0 Å². The van der Waals surface area contributed by atoms with E-state index in [0.29, 0.717) is 11.3 Å². The van der Waals surface area contributed by atoms with E-state index < -0.39 is 37.5 Å². The zero-order valence-electron chi connectivity index (χ0n) is 14.8. The molecule has 9 heteroatoms. The molecule has 0 bridgehead atoms. The molecule has 2 aromatic carbocycles. The van der Waals surface area contributed by atoms with Crippen LogP contribution in [0.15, 0.2) is 47.4 Å². The van der Waals surface area contributed by atoms with Crippen molar-refractivity contribution in [2.75, 3.05) is 19.7 Å². The standard InChI is InChI=1S/C19H19F2NO5S/c20-16-2-1-3-17(19(16)21)28(25,26)15-8-9-22(10-15)18(24)12-27-14-6-4-13(11-23)5-7-14/h1-7,15,23H,8-12H2. The van der Waals surface area contributed by atoms with Crippen LogP contribution in [0.5, 0.6) is 5.75 Å². The van der Waals surface area contributed by atoms with Crippen molar-refractivity contribution >= 4 is 15.7 Å². The van der Waals surface area contributed by atoms with Gasteiger partial charge in [-0.25, -0.2) is 17.2 Å². The predicted molar refractivity (Wildman–Crippen MR) is 96.4 cm³/mol. The Morgan fingerprint density at radius 3 is 2.57 bits per heavy atom. The van der Waals surface area contributed by atoms with Crippen molar-refractivity contribution in [1.82, 2.24) is 4.90 Å². The molecule has 6 nitrogen and oxygen atoms in total. The lowest BCUT2D eigenvalue weighted by Gasteiger charge is -2.17. The zero-order chi connectivity index (χ0) is 20.3. The number of aliphatic hydroxyl groups excluding tert-OH is 1. The van der Waals surface area contributed by atoms with Gasteiger partial charge in [-0.15, -0.1) is 0 Å². The van der Waals surface area contributed by atoms with Crippen LogP contribution in [0, 0.1) is 11.6 Å². The molecule has 1 saturated heterocycles. The summed E-state index contributed by atoms with van der Waals surface area (Å²) in [7, 11) is -4.11. The van der Waals surface area contributed by atoms with Crippen LogP contribution in [-0.2, 0) is 21.2 Å². The number of benzene rings is 2. The van der Waals surface area contributed by atoms with Crippen molar-refractivity contribution in [3.63, 3.8) is 0 Å². The van der Waals surface area contributed by atoms with E-state index in [4.69, 9.17) is 9.84 Å². The van der Waals surface area contributed by atoms with Gasteiger partial charge < -0.3 is 14.7 Å². The second kappa shape index (κ2) is 8.24. The fraction of sp³-hybridized carbons (Fsp3) is 0.316. The number of hydrogen-bond donors (Lipinski definition) is 1. The van der Waals surface area contributed by atoms with Gasteiger partial charge in [-0.05, 0) is 36.2 Å². The molecule has 1 aliphatic heterocycles. The third kappa shape index (κ3) is 4.15. The molecule has 28 heavy (non-hydrogen) atoms. The number of amides is 1. The monoisotopic (exact) mass is 411 g/mol. The van der Waals surface area contributed by atoms with Crippen molar-refractivity contribution in [3.8, 4) is 5.75 Å². The van der Waals surface area contributed by atoms with Crippen molar-refractivity contribution in [2.45, 2.75) is 23.2 Å². The molecule has 0 spiro atoms. The molecule has 1 N–H and O–H groups in total. The summed E-state index contributed by atoms with van der Waals surface area (Å²) >= 11 is 0. The SMILES string of the molecule is O=C(COc1ccc(CO)cc1)N1CCC(S(=O)(=O)c2cccc(F)c2F)C1. The van der Waals surface area contributed by atoms with Crippen LogP contribution in [0.3, 0.4) is 0 Å². The van der Waals surface area contributed by atoms with Gasteiger partial charge in [-0.2, -0.15) is 0 Å². The maximum absolute atomic E-state index is 13.9. The molecule has 1 heterocycles. The number of ether oxygens (including phenoxy) is 1. The first-order chi connectivity index (χ1) is 13.3. The molecule has 2 aromatic rings. The Morgan fingerprint density at radius 2 is 1.89 bits per heavy atom. The van der Waals surface area contributed by atoms with E-state index in [1.165, 1.54) is 4.90 Å². The Balaban J connectivity index is 1.62. The second-order valence-corrected chi connectivity index (χ2v) is 8.63. The highest BCUT2D eigenvalue weighted by molar-refractivity contribution is 7.92. The summed E-state index contributed by atoms with van der Waals surface area (Å²) in [5, 5.41) is 8.00. The zero-order valence-corrected chi connectivity index (χ0v) is 15.7. The fourth-order valence-electron chi connectivity index (χ4n) is 3.02. The molecule has 150 valence electrons. The average molecular weight is 411 g/mol. The fourth-order valence-corrected chi connectivity index (χ4v) is 4.79. The van der Waals surface area contributed by atoms with Crippen molar-refractivity contribution in [3.05, 3.63) is 59.7 Å². The van der Waals surface area contributed by atoms with Gasteiger partial charge >= 0.3 is 0 Å². The average Bonchev–Trinajstić information content (AvgIpc) is 3.19. The minimum atomic E-state index is -4.11. The van der Waals surface area contributed by atoms with E-state index in [1.807, 2.05) is 0 Å². The molecule has 0 aromatic heterocycles. The van der Waals surface area contributed by atoms with E-state index >= 15 is 0 Å². The number of hydrogen-bond acceptors (Lipinski definition) is 5. The number of rotatable bonds is 6. The number of nitrogens with zero attached hydrogens (tertiary/aromatic N) is 1. The maximum Gasteiger partial charge on any atom is 0.260 e. The summed E-state index contributed by atoms with van der Waals surface area (Å²) in [4.78, 5) is 13.0. The normalized spacial score (nSPS) is 17.0. The molecule has 0 saturated carbocycles. The van der Waals surface area contributed by atoms with Gasteiger partial charge in [-0.1, -0.05) is 18.2 Å². The van der Waals surface area contributed by atoms with Gasteiger partial charge in [0.25, 0.3) is 5.91 Å². The third-order valence-corrected chi connectivity index (χ3v) is 6.82. The number of sulfone groups is 1. The number of carbonyl (C=O) groups is 1. The van der Waals surface area contributed by atoms with Gasteiger partial charge in [0.1, 0.15) is 10.6 Å². The van der Waals surface area contributed by atoms with Crippen LogP contribution in [0.2, 0.25) is 0 Å². The summed E-state index contributed by atoms with van der Waals surface area (Å²) in [5.74, 6) is -2.59. The highest BCUT2D eigenvalue weighted by Gasteiger charge is 2.38. The Bertz CT molecular complexity index is 963. The summed E-state index contributed by atoms with van der Waals surface area (Å²) in [6.45, 7) is -0.301. The highest BCUT2D eigenvalue weighted by Crippen LogP contribution is 2.27. The number of likely N-dealkylation sites (tertiary alicyclic amines) is 1. The molecular formula is C19H19F2NO5S. The first-order valence-corrected chi connectivity index (χ1v) is 10.2.